The van der Waals surface area contributed by atoms with Gasteiger partial charge in [-0.1, -0.05) is 43.7 Å². The Labute approximate surface area is 198 Å². The van der Waals surface area contributed by atoms with Crippen molar-refractivity contribution in [1.82, 2.24) is 4.90 Å². The largest absolute Gasteiger partial charge is 0.619 e. The summed E-state index contributed by atoms with van der Waals surface area (Å²) in [7, 11) is 0. The molecule has 0 radical (unpaired) electrons. The first kappa shape index (κ1) is 24.4. The van der Waals surface area contributed by atoms with E-state index in [1.54, 1.807) is 25.1 Å². The fraction of sp³-hybridized carbons (Fsp3) is 0.280. The van der Waals surface area contributed by atoms with Crippen molar-refractivity contribution in [1.29, 1.82) is 0 Å². The maximum atomic E-state index is 15.6. The van der Waals surface area contributed by atoms with E-state index in [-0.39, 0.29) is 36.2 Å². The van der Waals surface area contributed by atoms with Crippen LogP contribution in [0.25, 0.3) is 0 Å². The second-order valence-electron chi connectivity index (χ2n) is 8.37. The molecule has 0 aliphatic carbocycles. The Bertz CT molecular complexity index is 1220. The van der Waals surface area contributed by atoms with Crippen molar-refractivity contribution in [3.63, 3.8) is 0 Å². The van der Waals surface area contributed by atoms with Gasteiger partial charge < -0.3 is 10.1 Å². The van der Waals surface area contributed by atoms with E-state index in [0.717, 1.165) is 11.0 Å². The van der Waals surface area contributed by atoms with Gasteiger partial charge in [0.1, 0.15) is 12.1 Å². The Hall–Kier alpha value is -3.69. The summed E-state index contributed by atoms with van der Waals surface area (Å²) in [6.45, 7) is -0.211. The monoisotopic (exact) mass is 491 g/mol. The maximum absolute atomic E-state index is 15.6. The van der Waals surface area contributed by atoms with Crippen molar-refractivity contribution < 1.29 is 31.5 Å². The molecular formula is C25H22F5N3O2. The van der Waals surface area contributed by atoms with Gasteiger partial charge in [0.25, 0.3) is 0 Å². The smallest absolute Gasteiger partial charge is 0.406 e. The molecule has 1 aliphatic heterocycles. The minimum Gasteiger partial charge on any atom is -0.619 e. The van der Waals surface area contributed by atoms with E-state index in [2.05, 4.69) is 0 Å². The summed E-state index contributed by atoms with van der Waals surface area (Å²) in [5.41, 5.74) is -1.57. The SMILES string of the molecule is CCCC1(c2ccccc2)c2c(ccc(F)c2F)N(Cc2cc[n+]([O-])cc2)C(=O)N1CC(F)(F)F. The minimum absolute atomic E-state index is 0.0246. The molecule has 0 saturated heterocycles. The van der Waals surface area contributed by atoms with Crippen molar-refractivity contribution >= 4 is 11.7 Å². The molecule has 1 unspecified atom stereocenters. The quantitative estimate of drug-likeness (QED) is 0.254. The molecule has 0 saturated carbocycles. The summed E-state index contributed by atoms with van der Waals surface area (Å²) in [4.78, 5) is 15.3. The molecule has 184 valence electrons. The van der Waals surface area contributed by atoms with Crippen LogP contribution in [0, 0.1) is 16.8 Å². The van der Waals surface area contributed by atoms with E-state index in [0.29, 0.717) is 15.2 Å². The number of carbonyl (C=O) groups excluding carboxylic acids is 1. The fourth-order valence-corrected chi connectivity index (χ4v) is 4.75. The van der Waals surface area contributed by atoms with E-state index >= 15 is 4.39 Å². The van der Waals surface area contributed by atoms with E-state index < -0.39 is 35.9 Å². The molecule has 1 atom stereocenters. The third kappa shape index (κ3) is 4.40. The molecule has 4 rings (SSSR count). The lowest BCUT2D eigenvalue weighted by Crippen LogP contribution is -2.61. The summed E-state index contributed by atoms with van der Waals surface area (Å²) in [5, 5.41) is 11.4. The molecule has 0 bridgehead atoms. The first-order chi connectivity index (χ1) is 16.6. The molecule has 3 aromatic rings. The van der Waals surface area contributed by atoms with Gasteiger partial charge in [-0.2, -0.15) is 17.9 Å². The third-order valence-corrected chi connectivity index (χ3v) is 6.11. The number of nitrogens with zero attached hydrogens (tertiary/aromatic N) is 3. The Morgan fingerprint density at radius 1 is 1.00 bits per heavy atom. The minimum atomic E-state index is -4.81. The van der Waals surface area contributed by atoms with E-state index in [4.69, 9.17) is 0 Å². The van der Waals surface area contributed by atoms with E-state index in [1.165, 1.54) is 42.7 Å². The second kappa shape index (κ2) is 9.16. The first-order valence-electron chi connectivity index (χ1n) is 11.0. The van der Waals surface area contributed by atoms with Crippen LogP contribution in [0.1, 0.15) is 36.5 Å². The van der Waals surface area contributed by atoms with Gasteiger partial charge in [0.15, 0.2) is 24.0 Å². The molecule has 35 heavy (non-hydrogen) atoms. The van der Waals surface area contributed by atoms with Gasteiger partial charge >= 0.3 is 12.2 Å². The molecule has 1 aromatic heterocycles. The zero-order valence-electron chi connectivity index (χ0n) is 18.7. The summed E-state index contributed by atoms with van der Waals surface area (Å²) in [5.74, 6) is -2.54. The van der Waals surface area contributed by atoms with Crippen LogP contribution in [0.15, 0.2) is 67.0 Å². The summed E-state index contributed by atoms with van der Waals surface area (Å²) < 4.78 is 72.3. The lowest BCUT2D eigenvalue weighted by Gasteiger charge is -2.51. The van der Waals surface area contributed by atoms with Crippen molar-refractivity contribution in [2.45, 2.75) is 38.0 Å². The number of rotatable bonds is 6. The summed E-state index contributed by atoms with van der Waals surface area (Å²) in [6, 6.07) is 11.7. The van der Waals surface area contributed by atoms with Gasteiger partial charge in [-0.15, -0.1) is 0 Å². The van der Waals surface area contributed by atoms with Crippen LogP contribution in [0.4, 0.5) is 32.4 Å². The van der Waals surface area contributed by atoms with Gasteiger partial charge in [0, 0.05) is 17.7 Å². The predicted molar refractivity (Wildman–Crippen MR) is 118 cm³/mol. The highest BCUT2D eigenvalue weighted by Gasteiger charge is 2.54. The molecule has 5 nitrogen and oxygen atoms in total. The number of aromatic nitrogens is 1. The predicted octanol–water partition coefficient (Wildman–Crippen LogP) is 5.65. The normalized spacial score (nSPS) is 18.1. The molecule has 2 amide bonds. The Morgan fingerprint density at radius 3 is 2.26 bits per heavy atom. The zero-order chi connectivity index (χ0) is 25.4. The molecule has 2 heterocycles. The molecule has 2 aromatic carbocycles. The number of halogens is 5. The average Bonchev–Trinajstić information content (AvgIpc) is 2.82. The number of alkyl halides is 3. The van der Waals surface area contributed by atoms with E-state index in [1.807, 2.05) is 0 Å². The molecule has 0 spiro atoms. The van der Waals surface area contributed by atoms with Crippen LogP contribution in [0.3, 0.4) is 0 Å². The standard InChI is InChI=1S/C25H22F5N3O2/c1-2-12-24(18-6-4-3-5-7-18)21-20(9-8-19(26)22(21)27)32(15-17-10-13-31(35)14-11-17)23(34)33(24)16-25(28,29)30/h3-11,13-14H,2,12,15-16H2,1H3. The third-order valence-electron chi connectivity index (χ3n) is 6.11. The molecule has 10 heteroatoms. The van der Waals surface area contributed by atoms with Crippen molar-refractivity contribution in [3.05, 3.63) is 101 Å². The molecule has 1 aliphatic rings. The number of anilines is 1. The van der Waals surface area contributed by atoms with Crippen molar-refractivity contribution in [2.24, 2.45) is 0 Å². The number of hydrogen-bond donors (Lipinski definition) is 0. The van der Waals surface area contributed by atoms with Crippen molar-refractivity contribution in [3.8, 4) is 0 Å². The first-order valence-corrected chi connectivity index (χ1v) is 11.0. The number of pyridine rings is 1. The Kier molecular flexibility index (Phi) is 6.40. The second-order valence-corrected chi connectivity index (χ2v) is 8.37. The van der Waals surface area contributed by atoms with Gasteiger partial charge in [-0.05, 0) is 29.7 Å². The van der Waals surface area contributed by atoms with Crippen LogP contribution < -0.4 is 9.63 Å². The highest BCUT2D eigenvalue weighted by molar-refractivity contribution is 5.97. The fourth-order valence-electron chi connectivity index (χ4n) is 4.75. The molecule has 0 fully saturated rings. The number of fused-ring (bicyclic) bond motifs is 1. The molecule has 0 N–H and O–H groups in total. The average molecular weight is 491 g/mol. The highest BCUT2D eigenvalue weighted by Crippen LogP contribution is 2.51. The van der Waals surface area contributed by atoms with Crippen LogP contribution in [-0.4, -0.2) is 23.7 Å². The zero-order valence-corrected chi connectivity index (χ0v) is 18.7. The number of carbonyl (C=O) groups is 1. The topological polar surface area (TPSA) is 50.5 Å². The lowest BCUT2D eigenvalue weighted by atomic mass is 9.75. The van der Waals surface area contributed by atoms with Crippen LogP contribution >= 0.6 is 0 Å². The summed E-state index contributed by atoms with van der Waals surface area (Å²) in [6.07, 6.45) is -2.24. The maximum Gasteiger partial charge on any atom is 0.406 e. The van der Waals surface area contributed by atoms with Gasteiger partial charge in [-0.25, -0.2) is 13.6 Å². The number of urea groups is 1. The van der Waals surface area contributed by atoms with Crippen LogP contribution in [-0.2, 0) is 12.1 Å². The van der Waals surface area contributed by atoms with Crippen LogP contribution in [0.2, 0.25) is 0 Å². The van der Waals surface area contributed by atoms with Gasteiger partial charge in [-0.3, -0.25) is 4.90 Å². The lowest BCUT2D eigenvalue weighted by molar-refractivity contribution is -0.605. The van der Waals surface area contributed by atoms with E-state index in [9.17, 15) is 27.6 Å². The summed E-state index contributed by atoms with van der Waals surface area (Å²) >= 11 is 0. The number of amides is 2. The Morgan fingerprint density at radius 2 is 1.66 bits per heavy atom. The van der Waals surface area contributed by atoms with Gasteiger partial charge in [0.2, 0.25) is 0 Å². The molecular weight excluding hydrogens is 469 g/mol. The van der Waals surface area contributed by atoms with Gasteiger partial charge in [0.05, 0.1) is 12.2 Å². The Balaban J connectivity index is 2.02. The van der Waals surface area contributed by atoms with Crippen LogP contribution in [0.5, 0.6) is 0 Å². The highest BCUT2D eigenvalue weighted by atomic mass is 19.4. The van der Waals surface area contributed by atoms with Crippen molar-refractivity contribution in [2.75, 3.05) is 11.4 Å². The number of hydrogen-bond acceptors (Lipinski definition) is 2. The number of benzene rings is 2.